The molecule has 0 aliphatic heterocycles. The minimum absolute atomic E-state index is 0.0153. The molecule has 3 aromatic rings. The Hall–Kier alpha value is -4.14. The molecule has 0 aromatic heterocycles. The number of hydrogen-bond donors (Lipinski definition) is 2. The van der Waals surface area contributed by atoms with E-state index in [1.54, 1.807) is 19.9 Å². The summed E-state index contributed by atoms with van der Waals surface area (Å²) in [6.45, 7) is 8.37. The summed E-state index contributed by atoms with van der Waals surface area (Å²) in [6.07, 6.45) is 16.4. The van der Waals surface area contributed by atoms with Crippen LogP contribution >= 0.6 is 0 Å². The predicted molar refractivity (Wildman–Crippen MR) is 215 cm³/mol. The lowest BCUT2D eigenvalue weighted by Crippen LogP contribution is -2.31. The van der Waals surface area contributed by atoms with Gasteiger partial charge in [-0.25, -0.2) is 4.79 Å². The maximum atomic E-state index is 12.2. The minimum atomic E-state index is -0.992. The molecular formula is C46H62O8. The zero-order valence-electron chi connectivity index (χ0n) is 32.8. The fourth-order valence-corrected chi connectivity index (χ4v) is 6.90. The van der Waals surface area contributed by atoms with Gasteiger partial charge in [0.15, 0.2) is 0 Å². The second-order valence-corrected chi connectivity index (χ2v) is 15.3. The zero-order valence-corrected chi connectivity index (χ0v) is 32.8. The van der Waals surface area contributed by atoms with Crippen LogP contribution in [-0.4, -0.2) is 61.8 Å². The van der Waals surface area contributed by atoms with Crippen molar-refractivity contribution in [1.29, 1.82) is 0 Å². The molecule has 8 nitrogen and oxygen atoms in total. The molecule has 0 bridgehead atoms. The van der Waals surface area contributed by atoms with E-state index in [0.29, 0.717) is 17.4 Å². The summed E-state index contributed by atoms with van der Waals surface area (Å²) in [7, 11) is 0. The number of carbonyl (C=O) groups is 2. The Morgan fingerprint density at radius 3 is 1.76 bits per heavy atom. The van der Waals surface area contributed by atoms with Crippen LogP contribution in [0.15, 0.2) is 78.9 Å². The largest absolute Gasteiger partial charge is 0.490 e. The smallest absolute Gasteiger partial charge is 0.335 e. The van der Waals surface area contributed by atoms with Gasteiger partial charge in [-0.2, -0.15) is 0 Å². The van der Waals surface area contributed by atoms with Crippen LogP contribution in [0.3, 0.4) is 0 Å². The highest BCUT2D eigenvalue weighted by Gasteiger charge is 2.28. The number of unbranched alkanes of at least 4 members (excludes halogenated alkanes) is 6. The van der Waals surface area contributed by atoms with Gasteiger partial charge in [-0.05, 0) is 91.3 Å². The summed E-state index contributed by atoms with van der Waals surface area (Å²) in [6, 6.07) is 23.0. The van der Waals surface area contributed by atoms with Crippen LogP contribution < -0.4 is 9.47 Å². The first kappa shape index (κ1) is 42.6. The van der Waals surface area contributed by atoms with E-state index in [2.05, 4.69) is 62.0 Å². The van der Waals surface area contributed by atoms with E-state index >= 15 is 0 Å². The Bertz CT molecular complexity index is 1590. The molecular weight excluding hydrogens is 680 g/mol. The zero-order chi connectivity index (χ0) is 38.8. The topological polar surface area (TPSA) is 112 Å². The van der Waals surface area contributed by atoms with Gasteiger partial charge in [-0.15, -0.1) is 0 Å². The Labute approximate surface area is 322 Å². The van der Waals surface area contributed by atoms with Gasteiger partial charge in [-0.3, -0.25) is 4.79 Å². The van der Waals surface area contributed by atoms with E-state index in [0.717, 1.165) is 22.6 Å². The monoisotopic (exact) mass is 742 g/mol. The van der Waals surface area contributed by atoms with Gasteiger partial charge in [0.1, 0.15) is 37.9 Å². The quantitative estimate of drug-likeness (QED) is 0.0561. The van der Waals surface area contributed by atoms with Crippen LogP contribution in [0, 0.1) is 11.3 Å². The SMILES string of the molecule is C=C(CO)C(=O)OCCOc1cc(OCCOC(=O)C(C)(C)CO)cc(-c2ccc(-c3ccc(C4CCC(CCCCCCCCC)CC4)cc3)cc2)c1. The van der Waals surface area contributed by atoms with Crippen molar-refractivity contribution in [1.82, 2.24) is 0 Å². The molecule has 2 N–H and O–H groups in total. The molecule has 0 unspecified atom stereocenters. The van der Waals surface area contributed by atoms with Gasteiger partial charge in [0.25, 0.3) is 0 Å². The second kappa shape index (κ2) is 22.3. The van der Waals surface area contributed by atoms with Crippen molar-refractivity contribution in [3.63, 3.8) is 0 Å². The number of hydrogen-bond acceptors (Lipinski definition) is 8. The highest BCUT2D eigenvalue weighted by Crippen LogP contribution is 2.39. The average Bonchev–Trinajstić information content (AvgIpc) is 3.20. The van der Waals surface area contributed by atoms with Crippen molar-refractivity contribution in [2.24, 2.45) is 11.3 Å². The first-order valence-corrected chi connectivity index (χ1v) is 20.0. The third kappa shape index (κ3) is 13.6. The van der Waals surface area contributed by atoms with E-state index < -0.39 is 24.0 Å². The number of benzene rings is 3. The summed E-state index contributed by atoms with van der Waals surface area (Å²) in [5, 5.41) is 18.5. The minimum Gasteiger partial charge on any atom is -0.490 e. The standard InChI is InChI=1S/C46H62O8/c1-5-6-7-8-9-10-11-12-35-13-15-36(16-14-35)37-17-19-38(20-18-37)39-21-23-40(24-22-39)41-29-42(51-25-27-53-44(49)34(2)32-47)31-43(30-41)52-26-28-54-45(50)46(3,4)33-48/h17-24,29-31,35-36,47-48H,2,5-16,25-28,32-33H2,1,3-4H3. The van der Waals surface area contributed by atoms with Crippen LogP contribution in [0.25, 0.3) is 22.3 Å². The van der Waals surface area contributed by atoms with Crippen molar-refractivity contribution in [2.45, 2.75) is 104 Å². The third-order valence-electron chi connectivity index (χ3n) is 10.5. The lowest BCUT2D eigenvalue weighted by molar-refractivity contribution is -0.156. The molecule has 0 amide bonds. The number of ether oxygens (including phenoxy) is 4. The van der Waals surface area contributed by atoms with E-state index in [-0.39, 0.29) is 38.6 Å². The predicted octanol–water partition coefficient (Wildman–Crippen LogP) is 9.85. The second-order valence-electron chi connectivity index (χ2n) is 15.3. The Morgan fingerprint density at radius 1 is 0.685 bits per heavy atom. The maximum Gasteiger partial charge on any atom is 0.335 e. The van der Waals surface area contributed by atoms with Crippen molar-refractivity contribution >= 4 is 11.9 Å². The van der Waals surface area contributed by atoms with Gasteiger partial charge in [-0.1, -0.05) is 113 Å². The van der Waals surface area contributed by atoms with Crippen molar-refractivity contribution in [2.75, 3.05) is 39.6 Å². The molecule has 1 fully saturated rings. The van der Waals surface area contributed by atoms with Crippen LogP contribution in [0.5, 0.6) is 11.5 Å². The normalized spacial score (nSPS) is 15.7. The van der Waals surface area contributed by atoms with Gasteiger partial charge < -0.3 is 29.2 Å². The Morgan fingerprint density at radius 2 is 1.20 bits per heavy atom. The molecule has 3 aromatic carbocycles. The lowest BCUT2D eigenvalue weighted by Gasteiger charge is -2.29. The summed E-state index contributed by atoms with van der Waals surface area (Å²) >= 11 is 0. The maximum absolute atomic E-state index is 12.2. The molecule has 0 spiro atoms. The number of aliphatic hydroxyl groups is 2. The van der Waals surface area contributed by atoms with Crippen LogP contribution in [0.1, 0.15) is 109 Å². The first-order chi connectivity index (χ1) is 26.1. The van der Waals surface area contributed by atoms with Gasteiger partial charge in [0.05, 0.1) is 24.2 Å². The van der Waals surface area contributed by atoms with E-state index in [9.17, 15) is 14.7 Å². The molecule has 0 saturated heterocycles. The van der Waals surface area contributed by atoms with Crippen molar-refractivity contribution in [3.05, 3.63) is 84.4 Å². The molecule has 8 heteroatoms. The van der Waals surface area contributed by atoms with Gasteiger partial charge >= 0.3 is 11.9 Å². The molecule has 1 saturated carbocycles. The Balaban J connectivity index is 1.34. The van der Waals surface area contributed by atoms with Gasteiger partial charge in [0.2, 0.25) is 0 Å². The molecule has 0 atom stereocenters. The molecule has 0 heterocycles. The summed E-state index contributed by atoms with van der Waals surface area (Å²) < 4.78 is 22.3. The van der Waals surface area contributed by atoms with E-state index in [1.807, 2.05) is 12.1 Å². The number of carbonyl (C=O) groups excluding carboxylic acids is 2. The fourth-order valence-electron chi connectivity index (χ4n) is 6.90. The molecule has 54 heavy (non-hydrogen) atoms. The van der Waals surface area contributed by atoms with Crippen LogP contribution in [-0.2, 0) is 19.1 Å². The lowest BCUT2D eigenvalue weighted by atomic mass is 9.77. The van der Waals surface area contributed by atoms with E-state index in [4.69, 9.17) is 24.1 Å². The summed E-state index contributed by atoms with van der Waals surface area (Å²) in [5.74, 6) is 1.40. The third-order valence-corrected chi connectivity index (χ3v) is 10.5. The molecule has 294 valence electrons. The van der Waals surface area contributed by atoms with Crippen LogP contribution in [0.4, 0.5) is 0 Å². The Kier molecular flexibility index (Phi) is 17.6. The summed E-state index contributed by atoms with van der Waals surface area (Å²) in [5.41, 5.74) is 4.56. The average molecular weight is 743 g/mol. The first-order valence-electron chi connectivity index (χ1n) is 20.0. The fraction of sp³-hybridized carbons (Fsp3) is 0.522. The number of esters is 2. The number of rotatable bonds is 23. The molecule has 0 radical (unpaired) electrons. The highest BCUT2D eigenvalue weighted by molar-refractivity contribution is 5.87. The molecule has 1 aliphatic rings. The summed E-state index contributed by atoms with van der Waals surface area (Å²) in [4.78, 5) is 24.1. The van der Waals surface area contributed by atoms with Crippen molar-refractivity contribution in [3.8, 4) is 33.8 Å². The molecule has 4 rings (SSSR count). The van der Waals surface area contributed by atoms with E-state index in [1.165, 1.54) is 88.2 Å². The van der Waals surface area contributed by atoms with Crippen LogP contribution in [0.2, 0.25) is 0 Å². The number of aliphatic hydroxyl groups excluding tert-OH is 2. The highest BCUT2D eigenvalue weighted by atomic mass is 16.6. The van der Waals surface area contributed by atoms with Gasteiger partial charge in [0, 0.05) is 6.07 Å². The molecule has 1 aliphatic carbocycles. The van der Waals surface area contributed by atoms with Crippen molar-refractivity contribution < 1.29 is 38.7 Å².